The Balaban J connectivity index is 1.21. The maximum Gasteiger partial charge on any atom is 0.260 e. The summed E-state index contributed by atoms with van der Waals surface area (Å²) in [7, 11) is 0. The Bertz CT molecular complexity index is 1280. The highest BCUT2D eigenvalue weighted by atomic mass is 19.1. The highest BCUT2D eigenvalue weighted by Crippen LogP contribution is 2.28. The number of fused-ring (bicyclic) bond motifs is 3. The van der Waals surface area contributed by atoms with Crippen LogP contribution in [0.15, 0.2) is 66.7 Å². The Morgan fingerprint density at radius 2 is 1.73 bits per heavy atom. The number of piperazine rings is 1. The minimum atomic E-state index is -0.223. The second kappa shape index (κ2) is 8.87. The van der Waals surface area contributed by atoms with Crippen molar-refractivity contribution in [3.63, 3.8) is 0 Å². The van der Waals surface area contributed by atoms with Gasteiger partial charge in [-0.1, -0.05) is 30.3 Å². The third kappa shape index (κ3) is 4.44. The molecule has 0 spiro atoms. The summed E-state index contributed by atoms with van der Waals surface area (Å²) < 4.78 is 19.1. The summed E-state index contributed by atoms with van der Waals surface area (Å²) in [5.41, 5.74) is 3.16. The maximum atomic E-state index is 13.2. The van der Waals surface area contributed by atoms with Crippen LogP contribution in [0, 0.1) is 5.82 Å². The second-order valence-corrected chi connectivity index (χ2v) is 8.97. The van der Waals surface area contributed by atoms with Crippen LogP contribution in [0.5, 0.6) is 5.75 Å². The topological polar surface area (TPSA) is 48.6 Å². The number of aromatic amines is 1. The molecule has 1 aliphatic rings. The van der Waals surface area contributed by atoms with Crippen molar-refractivity contribution in [3.8, 4) is 5.75 Å². The highest BCUT2D eigenvalue weighted by molar-refractivity contribution is 6.07. The molecule has 0 radical (unpaired) electrons. The molecule has 0 bridgehead atoms. The van der Waals surface area contributed by atoms with Gasteiger partial charge in [-0.2, -0.15) is 0 Å². The lowest BCUT2D eigenvalue weighted by atomic mass is 10.1. The summed E-state index contributed by atoms with van der Waals surface area (Å²) >= 11 is 0. The zero-order valence-corrected chi connectivity index (χ0v) is 18.9. The van der Waals surface area contributed by atoms with E-state index >= 15 is 0 Å². The quantitative estimate of drug-likeness (QED) is 0.472. The summed E-state index contributed by atoms with van der Waals surface area (Å²) in [5.74, 6) is 0.449. The van der Waals surface area contributed by atoms with Crippen molar-refractivity contribution in [3.05, 3.63) is 78.1 Å². The first-order chi connectivity index (χ1) is 16.0. The van der Waals surface area contributed by atoms with Gasteiger partial charge in [0, 0.05) is 54.1 Å². The Hall–Kier alpha value is -3.38. The van der Waals surface area contributed by atoms with Crippen LogP contribution < -0.4 is 4.74 Å². The first kappa shape index (κ1) is 21.5. The van der Waals surface area contributed by atoms with Gasteiger partial charge < -0.3 is 14.6 Å². The second-order valence-electron chi connectivity index (χ2n) is 8.97. The standard InChI is InChI=1S/C27H28FN3O2/c1-18-15-31(19(2)14-30(18)16-20-7-9-21(28)10-8-20)27(32)17-33-22-11-12-24-23-5-3-4-6-25(23)29-26(24)13-22/h3-13,18-19,29H,14-17H2,1-2H3/t18-,19+/m0/s1. The van der Waals surface area contributed by atoms with Gasteiger partial charge in [-0.05, 0) is 49.7 Å². The van der Waals surface area contributed by atoms with Gasteiger partial charge in [0.15, 0.2) is 6.61 Å². The molecule has 5 rings (SSSR count). The molecular formula is C27H28FN3O2. The number of hydrogen-bond acceptors (Lipinski definition) is 3. The number of para-hydroxylation sites is 1. The molecule has 1 aliphatic heterocycles. The van der Waals surface area contributed by atoms with Crippen LogP contribution in [0.2, 0.25) is 0 Å². The molecule has 1 N–H and O–H groups in total. The number of amides is 1. The number of carbonyl (C=O) groups excluding carboxylic acids is 1. The van der Waals surface area contributed by atoms with Crippen molar-refractivity contribution in [2.45, 2.75) is 32.5 Å². The summed E-state index contributed by atoms with van der Waals surface area (Å²) in [6, 6.07) is 21.0. The molecule has 2 heterocycles. The van der Waals surface area contributed by atoms with Crippen molar-refractivity contribution in [2.75, 3.05) is 19.7 Å². The third-order valence-electron chi connectivity index (χ3n) is 6.57. The summed E-state index contributed by atoms with van der Waals surface area (Å²) in [5, 5.41) is 2.32. The van der Waals surface area contributed by atoms with Gasteiger partial charge in [-0.15, -0.1) is 0 Å². The number of nitrogens with one attached hydrogen (secondary N) is 1. The molecule has 0 saturated carbocycles. The van der Waals surface area contributed by atoms with Gasteiger partial charge in [-0.25, -0.2) is 4.39 Å². The molecule has 1 amide bonds. The van der Waals surface area contributed by atoms with Gasteiger partial charge in [0.2, 0.25) is 0 Å². The lowest BCUT2D eigenvalue weighted by molar-refractivity contribution is -0.139. The minimum Gasteiger partial charge on any atom is -0.484 e. The smallest absolute Gasteiger partial charge is 0.260 e. The molecule has 4 aromatic rings. The highest BCUT2D eigenvalue weighted by Gasteiger charge is 2.32. The van der Waals surface area contributed by atoms with E-state index in [1.165, 1.54) is 17.5 Å². The number of rotatable bonds is 5. The lowest BCUT2D eigenvalue weighted by Gasteiger charge is -2.44. The monoisotopic (exact) mass is 445 g/mol. The molecule has 1 fully saturated rings. The summed E-state index contributed by atoms with van der Waals surface area (Å²) in [6.45, 7) is 6.37. The van der Waals surface area contributed by atoms with E-state index in [2.05, 4.69) is 35.9 Å². The minimum absolute atomic E-state index is 0.00692. The van der Waals surface area contributed by atoms with Crippen molar-refractivity contribution in [1.29, 1.82) is 0 Å². The Kier molecular flexibility index (Phi) is 5.77. The van der Waals surface area contributed by atoms with Gasteiger partial charge in [0.05, 0.1) is 5.52 Å². The Labute approximate surface area is 192 Å². The van der Waals surface area contributed by atoms with Gasteiger partial charge in [0.25, 0.3) is 5.91 Å². The molecule has 3 aromatic carbocycles. The predicted molar refractivity (Wildman–Crippen MR) is 129 cm³/mol. The third-order valence-corrected chi connectivity index (χ3v) is 6.57. The molecule has 2 atom stereocenters. The fraction of sp³-hybridized carbons (Fsp3) is 0.296. The molecule has 1 aromatic heterocycles. The number of aromatic nitrogens is 1. The first-order valence-electron chi connectivity index (χ1n) is 11.4. The fourth-order valence-corrected chi connectivity index (χ4v) is 4.74. The number of benzene rings is 3. The van der Waals surface area contributed by atoms with Crippen LogP contribution in [0.1, 0.15) is 19.4 Å². The van der Waals surface area contributed by atoms with E-state index in [-0.39, 0.29) is 30.4 Å². The van der Waals surface area contributed by atoms with E-state index in [0.29, 0.717) is 12.3 Å². The molecule has 1 saturated heterocycles. The van der Waals surface area contributed by atoms with Gasteiger partial charge in [-0.3, -0.25) is 9.69 Å². The SMILES string of the molecule is C[C@@H]1CN(Cc2ccc(F)cc2)[C@@H](C)CN1C(=O)COc1ccc2c(c1)[nH]c1ccccc12. The maximum absolute atomic E-state index is 13.2. The van der Waals surface area contributed by atoms with Crippen molar-refractivity contribution >= 4 is 27.7 Å². The number of halogens is 1. The molecule has 6 heteroatoms. The van der Waals surface area contributed by atoms with E-state index in [1.807, 2.05) is 47.4 Å². The van der Waals surface area contributed by atoms with Gasteiger partial charge >= 0.3 is 0 Å². The van der Waals surface area contributed by atoms with Crippen LogP contribution in [0.3, 0.4) is 0 Å². The van der Waals surface area contributed by atoms with Crippen molar-refractivity contribution in [1.82, 2.24) is 14.8 Å². The Morgan fingerprint density at radius 1 is 0.970 bits per heavy atom. The first-order valence-corrected chi connectivity index (χ1v) is 11.4. The predicted octanol–water partition coefficient (Wildman–Crippen LogP) is 4.96. The number of H-pyrrole nitrogens is 1. The van der Waals surface area contributed by atoms with E-state index in [9.17, 15) is 9.18 Å². The number of ether oxygens (including phenoxy) is 1. The van der Waals surface area contributed by atoms with Crippen LogP contribution in [0.25, 0.3) is 21.8 Å². The van der Waals surface area contributed by atoms with Crippen LogP contribution in [0.4, 0.5) is 4.39 Å². The molecular weight excluding hydrogens is 417 g/mol. The molecule has 170 valence electrons. The van der Waals surface area contributed by atoms with Crippen LogP contribution in [-0.2, 0) is 11.3 Å². The van der Waals surface area contributed by atoms with E-state index in [4.69, 9.17) is 4.74 Å². The van der Waals surface area contributed by atoms with Crippen LogP contribution >= 0.6 is 0 Å². The number of hydrogen-bond donors (Lipinski definition) is 1. The molecule has 5 nitrogen and oxygen atoms in total. The van der Waals surface area contributed by atoms with E-state index < -0.39 is 0 Å². The largest absolute Gasteiger partial charge is 0.484 e. The summed E-state index contributed by atoms with van der Waals surface area (Å²) in [6.07, 6.45) is 0. The fourth-order valence-electron chi connectivity index (χ4n) is 4.74. The molecule has 0 unspecified atom stereocenters. The zero-order chi connectivity index (χ0) is 22.9. The molecule has 0 aliphatic carbocycles. The summed E-state index contributed by atoms with van der Waals surface area (Å²) in [4.78, 5) is 20.6. The van der Waals surface area contributed by atoms with Crippen molar-refractivity contribution < 1.29 is 13.9 Å². The van der Waals surface area contributed by atoms with Crippen LogP contribution in [-0.4, -0.2) is 52.5 Å². The average Bonchev–Trinajstić information content (AvgIpc) is 3.19. The van der Waals surface area contributed by atoms with E-state index in [1.54, 1.807) is 0 Å². The molecule has 33 heavy (non-hydrogen) atoms. The van der Waals surface area contributed by atoms with Crippen molar-refractivity contribution in [2.24, 2.45) is 0 Å². The van der Waals surface area contributed by atoms with E-state index in [0.717, 1.165) is 35.1 Å². The van der Waals surface area contributed by atoms with Gasteiger partial charge in [0.1, 0.15) is 11.6 Å². The zero-order valence-electron chi connectivity index (χ0n) is 18.9. The lowest BCUT2D eigenvalue weighted by Crippen LogP contribution is -2.58. The normalized spacial score (nSPS) is 19.3. The number of nitrogens with zero attached hydrogens (tertiary/aromatic N) is 2. The number of carbonyl (C=O) groups is 1. The Morgan fingerprint density at radius 3 is 2.55 bits per heavy atom. The average molecular weight is 446 g/mol.